The molecule has 0 spiro atoms. The first kappa shape index (κ1) is 18.6. The molecule has 11 heteroatoms. The van der Waals surface area contributed by atoms with Gasteiger partial charge in [0.2, 0.25) is 5.91 Å². The van der Waals surface area contributed by atoms with Gasteiger partial charge in [0.15, 0.2) is 11.2 Å². The number of anilines is 1. The van der Waals surface area contributed by atoms with Crippen molar-refractivity contribution in [2.45, 2.75) is 13.5 Å². The van der Waals surface area contributed by atoms with Crippen LogP contribution >= 0.6 is 11.3 Å². The number of hydrogen-bond donors (Lipinski definition) is 1. The van der Waals surface area contributed by atoms with Gasteiger partial charge in [-0.15, -0.1) is 11.3 Å². The summed E-state index contributed by atoms with van der Waals surface area (Å²) >= 11 is 1.19. The van der Waals surface area contributed by atoms with E-state index in [1.807, 2.05) is 0 Å². The molecule has 3 aromatic rings. The van der Waals surface area contributed by atoms with Crippen molar-refractivity contribution in [3.05, 3.63) is 44.2 Å². The molecule has 3 aromatic heterocycles. The molecule has 3 heterocycles. The summed E-state index contributed by atoms with van der Waals surface area (Å²) in [7, 11) is 2.86. The van der Waals surface area contributed by atoms with Crippen LogP contribution in [0.15, 0.2) is 27.4 Å². The van der Waals surface area contributed by atoms with Crippen LogP contribution in [-0.4, -0.2) is 37.2 Å². The highest BCUT2D eigenvalue weighted by atomic mass is 32.1. The Morgan fingerprint density at radius 2 is 2.00 bits per heavy atom. The van der Waals surface area contributed by atoms with Gasteiger partial charge in [-0.25, -0.2) is 14.6 Å². The predicted octanol–water partition coefficient (Wildman–Crippen LogP) is 0.311. The van der Waals surface area contributed by atoms with Gasteiger partial charge in [-0.05, 0) is 18.4 Å². The van der Waals surface area contributed by atoms with Gasteiger partial charge in [0, 0.05) is 14.1 Å². The fourth-order valence-corrected chi connectivity index (χ4v) is 3.40. The molecule has 27 heavy (non-hydrogen) atoms. The Kier molecular flexibility index (Phi) is 4.95. The van der Waals surface area contributed by atoms with Crippen molar-refractivity contribution in [1.29, 1.82) is 0 Å². The van der Waals surface area contributed by atoms with E-state index in [9.17, 15) is 19.2 Å². The number of aromatic nitrogens is 4. The number of carbonyl (C=O) groups is 2. The Bertz CT molecular complexity index is 1150. The largest absolute Gasteiger partial charge is 0.462 e. The van der Waals surface area contributed by atoms with Crippen LogP contribution in [-0.2, 0) is 30.2 Å². The van der Waals surface area contributed by atoms with Crippen LogP contribution in [0, 0.1) is 0 Å². The van der Waals surface area contributed by atoms with E-state index in [0.717, 1.165) is 4.57 Å². The number of ether oxygens (including phenoxy) is 1. The van der Waals surface area contributed by atoms with E-state index < -0.39 is 23.1 Å². The Morgan fingerprint density at radius 3 is 2.70 bits per heavy atom. The Morgan fingerprint density at radius 1 is 1.26 bits per heavy atom. The smallest absolute Gasteiger partial charge is 0.341 e. The first-order valence-corrected chi connectivity index (χ1v) is 8.88. The standard InChI is InChI=1S/C16H17N5O5S/c1-4-26-15(24)9-5-6-27-13(9)18-10(22)7-21-8-17-12-11(21)14(23)20(3)16(25)19(12)2/h5-6,8H,4,7H2,1-3H3,(H,18,22). The minimum atomic E-state index is -0.540. The molecule has 0 aliphatic heterocycles. The van der Waals surface area contributed by atoms with Crippen molar-refractivity contribution in [2.24, 2.45) is 14.1 Å². The van der Waals surface area contributed by atoms with Crippen LogP contribution in [0.2, 0.25) is 0 Å². The van der Waals surface area contributed by atoms with Gasteiger partial charge in [0.25, 0.3) is 5.56 Å². The minimum Gasteiger partial charge on any atom is -0.462 e. The number of nitrogens with zero attached hydrogens (tertiary/aromatic N) is 4. The Hall–Kier alpha value is -3.21. The third kappa shape index (κ3) is 3.28. The number of carbonyl (C=O) groups excluding carboxylic acids is 2. The van der Waals surface area contributed by atoms with Crippen LogP contribution in [0.1, 0.15) is 17.3 Å². The summed E-state index contributed by atoms with van der Waals surface area (Å²) in [5, 5.41) is 4.68. The summed E-state index contributed by atoms with van der Waals surface area (Å²) in [6, 6.07) is 1.57. The Labute approximate surface area is 156 Å². The normalized spacial score (nSPS) is 10.9. The van der Waals surface area contributed by atoms with Gasteiger partial charge in [-0.2, -0.15) is 0 Å². The molecule has 1 amide bonds. The molecule has 142 valence electrons. The first-order chi connectivity index (χ1) is 12.8. The zero-order valence-corrected chi connectivity index (χ0v) is 15.7. The second-order valence-corrected chi connectivity index (χ2v) is 6.60. The van der Waals surface area contributed by atoms with Gasteiger partial charge in [0.1, 0.15) is 11.5 Å². The number of amides is 1. The van der Waals surface area contributed by atoms with Crippen LogP contribution < -0.4 is 16.6 Å². The third-order valence-electron chi connectivity index (χ3n) is 3.94. The number of imidazole rings is 1. The highest BCUT2D eigenvalue weighted by Crippen LogP contribution is 2.24. The van der Waals surface area contributed by atoms with E-state index in [0.29, 0.717) is 5.00 Å². The maximum absolute atomic E-state index is 12.4. The van der Waals surface area contributed by atoms with E-state index in [-0.39, 0.29) is 29.9 Å². The summed E-state index contributed by atoms with van der Waals surface area (Å²) in [5.41, 5.74) is -0.434. The summed E-state index contributed by atoms with van der Waals surface area (Å²) in [6.07, 6.45) is 1.33. The molecular weight excluding hydrogens is 374 g/mol. The molecule has 0 saturated carbocycles. The number of rotatable bonds is 5. The Balaban J connectivity index is 1.88. The number of fused-ring (bicyclic) bond motifs is 1. The third-order valence-corrected chi connectivity index (χ3v) is 4.77. The minimum absolute atomic E-state index is 0.145. The van der Waals surface area contributed by atoms with Crippen molar-refractivity contribution in [2.75, 3.05) is 11.9 Å². The zero-order chi connectivity index (χ0) is 19.7. The molecule has 0 aromatic carbocycles. The highest BCUT2D eigenvalue weighted by molar-refractivity contribution is 7.14. The summed E-state index contributed by atoms with van der Waals surface area (Å²) in [4.78, 5) is 52.7. The number of nitrogens with one attached hydrogen (secondary N) is 1. The molecule has 1 N–H and O–H groups in total. The molecule has 0 saturated heterocycles. The lowest BCUT2D eigenvalue weighted by Crippen LogP contribution is -2.37. The molecule has 0 aliphatic rings. The lowest BCUT2D eigenvalue weighted by Gasteiger charge is -2.08. The highest BCUT2D eigenvalue weighted by Gasteiger charge is 2.19. The van der Waals surface area contributed by atoms with E-state index in [4.69, 9.17) is 4.74 Å². The maximum Gasteiger partial charge on any atom is 0.341 e. The lowest BCUT2D eigenvalue weighted by molar-refractivity contribution is -0.116. The number of aryl methyl sites for hydroxylation is 1. The summed E-state index contributed by atoms with van der Waals surface area (Å²) in [6.45, 7) is 1.72. The van der Waals surface area contributed by atoms with Crippen LogP contribution in [0.5, 0.6) is 0 Å². The lowest BCUT2D eigenvalue weighted by atomic mass is 10.3. The fourth-order valence-electron chi connectivity index (χ4n) is 2.61. The average molecular weight is 391 g/mol. The molecule has 0 unspecified atom stereocenters. The van der Waals surface area contributed by atoms with E-state index in [2.05, 4.69) is 10.3 Å². The topological polar surface area (TPSA) is 117 Å². The molecule has 0 aliphatic carbocycles. The zero-order valence-electron chi connectivity index (χ0n) is 14.9. The molecule has 3 rings (SSSR count). The van der Waals surface area contributed by atoms with E-state index >= 15 is 0 Å². The van der Waals surface area contributed by atoms with Gasteiger partial charge < -0.3 is 14.6 Å². The van der Waals surface area contributed by atoms with Gasteiger partial charge >= 0.3 is 11.7 Å². The van der Waals surface area contributed by atoms with Gasteiger partial charge in [0.05, 0.1) is 18.5 Å². The van der Waals surface area contributed by atoms with Crippen molar-refractivity contribution in [3.63, 3.8) is 0 Å². The van der Waals surface area contributed by atoms with E-state index in [1.165, 1.54) is 40.9 Å². The molecule has 0 bridgehead atoms. The summed E-state index contributed by atoms with van der Waals surface area (Å²) < 4.78 is 8.51. The van der Waals surface area contributed by atoms with Crippen LogP contribution in [0.4, 0.5) is 5.00 Å². The molecule has 0 atom stereocenters. The monoisotopic (exact) mass is 391 g/mol. The first-order valence-electron chi connectivity index (χ1n) is 8.00. The quantitative estimate of drug-likeness (QED) is 0.626. The number of esters is 1. The maximum atomic E-state index is 12.4. The SMILES string of the molecule is CCOC(=O)c1ccsc1NC(=O)Cn1cnc2c1c(=O)n(C)c(=O)n2C. The second kappa shape index (κ2) is 7.19. The number of hydrogen-bond acceptors (Lipinski definition) is 7. The van der Waals surface area contributed by atoms with Crippen LogP contribution in [0.25, 0.3) is 11.2 Å². The summed E-state index contributed by atoms with van der Waals surface area (Å²) in [5.74, 6) is -0.968. The van der Waals surface area contributed by atoms with Gasteiger partial charge in [-0.1, -0.05) is 0 Å². The van der Waals surface area contributed by atoms with Crippen LogP contribution in [0.3, 0.4) is 0 Å². The molecular formula is C16H17N5O5S. The predicted molar refractivity (Wildman–Crippen MR) is 99.1 cm³/mol. The van der Waals surface area contributed by atoms with Crippen molar-refractivity contribution < 1.29 is 14.3 Å². The molecule has 0 fully saturated rings. The van der Waals surface area contributed by atoms with Crippen molar-refractivity contribution >= 4 is 39.4 Å². The van der Waals surface area contributed by atoms with E-state index in [1.54, 1.807) is 18.4 Å². The molecule has 0 radical (unpaired) electrons. The van der Waals surface area contributed by atoms with Crippen molar-refractivity contribution in [1.82, 2.24) is 18.7 Å². The van der Waals surface area contributed by atoms with Gasteiger partial charge in [-0.3, -0.25) is 18.7 Å². The number of thiophene rings is 1. The second-order valence-electron chi connectivity index (χ2n) is 5.68. The fraction of sp³-hybridized carbons (Fsp3) is 0.312. The van der Waals surface area contributed by atoms with Crippen molar-refractivity contribution in [3.8, 4) is 0 Å². The molecule has 10 nitrogen and oxygen atoms in total. The average Bonchev–Trinajstić information content (AvgIpc) is 3.25.